The van der Waals surface area contributed by atoms with Crippen molar-refractivity contribution in [3.63, 3.8) is 0 Å². The summed E-state index contributed by atoms with van der Waals surface area (Å²) in [5, 5.41) is 3.14. The van der Waals surface area contributed by atoms with Gasteiger partial charge in [-0.3, -0.25) is 4.79 Å². The fourth-order valence-corrected chi connectivity index (χ4v) is 1.29. The summed E-state index contributed by atoms with van der Waals surface area (Å²) in [6.07, 6.45) is 0. The van der Waals surface area contributed by atoms with Crippen LogP contribution in [0.4, 0.5) is 0 Å². The van der Waals surface area contributed by atoms with Crippen LogP contribution in [0.2, 0.25) is 0 Å². The van der Waals surface area contributed by atoms with Crippen molar-refractivity contribution in [2.75, 3.05) is 20.3 Å². The zero-order valence-corrected chi connectivity index (χ0v) is 11.3. The van der Waals surface area contributed by atoms with E-state index in [0.29, 0.717) is 13.2 Å². The van der Waals surface area contributed by atoms with E-state index in [0.717, 1.165) is 0 Å². The molecule has 0 aromatic carbocycles. The average Bonchev–Trinajstić information content (AvgIpc) is 2.14. The predicted molar refractivity (Wildman–Crippen MR) is 64.3 cm³/mol. The van der Waals surface area contributed by atoms with Crippen molar-refractivity contribution in [1.29, 1.82) is 0 Å². The van der Waals surface area contributed by atoms with Crippen molar-refractivity contribution in [3.05, 3.63) is 0 Å². The summed E-state index contributed by atoms with van der Waals surface area (Å²) in [6.45, 7) is 11.2. The summed E-state index contributed by atoms with van der Waals surface area (Å²) in [7, 11) is 1.41. The van der Waals surface area contributed by atoms with Crippen LogP contribution in [0.1, 0.15) is 34.6 Å². The van der Waals surface area contributed by atoms with Gasteiger partial charge in [-0.05, 0) is 26.7 Å². The second-order valence-electron chi connectivity index (χ2n) is 5.16. The predicted octanol–water partition coefficient (Wildman–Crippen LogP) is 1.59. The number of hydrogen-bond acceptors (Lipinski definition) is 4. The Morgan fingerprint density at radius 2 is 1.88 bits per heavy atom. The Hall–Kier alpha value is -0.610. The van der Waals surface area contributed by atoms with Crippen molar-refractivity contribution in [1.82, 2.24) is 5.32 Å². The molecule has 1 unspecified atom stereocenters. The average molecular weight is 231 g/mol. The summed E-state index contributed by atoms with van der Waals surface area (Å²) in [5.74, 6) is -0.00662. The number of carbonyl (C=O) groups is 1. The van der Waals surface area contributed by atoms with Gasteiger partial charge in [-0.1, -0.05) is 13.8 Å². The molecule has 0 spiro atoms. The van der Waals surface area contributed by atoms with Crippen LogP contribution in [0.3, 0.4) is 0 Å². The summed E-state index contributed by atoms with van der Waals surface area (Å²) in [4.78, 5) is 11.4. The third-order valence-electron chi connectivity index (χ3n) is 2.12. The largest absolute Gasteiger partial charge is 0.468 e. The maximum Gasteiger partial charge on any atom is 0.323 e. The van der Waals surface area contributed by atoms with E-state index >= 15 is 0 Å². The maximum absolute atomic E-state index is 11.4. The molecule has 0 aliphatic rings. The summed E-state index contributed by atoms with van der Waals surface area (Å²) < 4.78 is 10.3. The van der Waals surface area contributed by atoms with E-state index in [2.05, 4.69) is 5.32 Å². The van der Waals surface area contributed by atoms with Crippen LogP contribution < -0.4 is 5.32 Å². The minimum atomic E-state index is -0.256. The first-order valence-electron chi connectivity index (χ1n) is 5.73. The highest BCUT2D eigenvalue weighted by Crippen LogP contribution is 2.06. The van der Waals surface area contributed by atoms with Gasteiger partial charge in [0.05, 0.1) is 19.3 Å². The molecule has 0 heterocycles. The number of nitrogens with one attached hydrogen (secondary N) is 1. The second kappa shape index (κ2) is 6.86. The fourth-order valence-electron chi connectivity index (χ4n) is 1.29. The number of esters is 1. The van der Waals surface area contributed by atoms with Crippen LogP contribution in [0.5, 0.6) is 0 Å². The lowest BCUT2D eigenvalue weighted by molar-refractivity contribution is -0.144. The van der Waals surface area contributed by atoms with Gasteiger partial charge in [-0.15, -0.1) is 0 Å². The quantitative estimate of drug-likeness (QED) is 0.557. The van der Waals surface area contributed by atoms with E-state index in [1.807, 2.05) is 34.6 Å². The Morgan fingerprint density at radius 3 is 2.25 bits per heavy atom. The van der Waals surface area contributed by atoms with E-state index in [1.165, 1.54) is 7.11 Å². The van der Waals surface area contributed by atoms with Gasteiger partial charge in [-0.25, -0.2) is 0 Å². The topological polar surface area (TPSA) is 47.6 Å². The molecule has 4 nitrogen and oxygen atoms in total. The van der Waals surface area contributed by atoms with Gasteiger partial charge in [0.1, 0.15) is 6.04 Å². The van der Waals surface area contributed by atoms with E-state index in [4.69, 9.17) is 9.47 Å². The van der Waals surface area contributed by atoms with Crippen molar-refractivity contribution < 1.29 is 14.3 Å². The van der Waals surface area contributed by atoms with Crippen LogP contribution in [-0.2, 0) is 14.3 Å². The highest BCUT2D eigenvalue weighted by Gasteiger charge is 2.22. The molecule has 1 N–H and O–H groups in total. The van der Waals surface area contributed by atoms with Gasteiger partial charge in [0, 0.05) is 6.54 Å². The van der Waals surface area contributed by atoms with E-state index in [9.17, 15) is 4.79 Å². The molecule has 0 amide bonds. The minimum absolute atomic E-state index is 0.139. The molecule has 0 fully saturated rings. The van der Waals surface area contributed by atoms with E-state index < -0.39 is 0 Å². The Balaban J connectivity index is 3.91. The summed E-state index contributed by atoms with van der Waals surface area (Å²) >= 11 is 0. The summed E-state index contributed by atoms with van der Waals surface area (Å²) in [6, 6.07) is -0.256. The lowest BCUT2D eigenvalue weighted by Gasteiger charge is -2.23. The Labute approximate surface area is 98.7 Å². The standard InChI is InChI=1S/C12H25NO3/c1-9(2)10(11(14)15-6)13-7-8-16-12(3,4)5/h9-10,13H,7-8H2,1-6H3. The molecule has 0 aliphatic heterocycles. The number of ether oxygens (including phenoxy) is 2. The van der Waals surface area contributed by atoms with Crippen molar-refractivity contribution in [2.45, 2.75) is 46.3 Å². The van der Waals surface area contributed by atoms with Gasteiger partial charge < -0.3 is 14.8 Å². The van der Waals surface area contributed by atoms with Crippen LogP contribution in [0.25, 0.3) is 0 Å². The molecule has 0 saturated heterocycles. The zero-order valence-electron chi connectivity index (χ0n) is 11.3. The molecule has 0 radical (unpaired) electrons. The van der Waals surface area contributed by atoms with E-state index in [-0.39, 0.29) is 23.5 Å². The van der Waals surface area contributed by atoms with Gasteiger partial charge >= 0.3 is 5.97 Å². The van der Waals surface area contributed by atoms with E-state index in [1.54, 1.807) is 0 Å². The number of carbonyl (C=O) groups excluding carboxylic acids is 1. The molecule has 4 heteroatoms. The van der Waals surface area contributed by atoms with Crippen LogP contribution in [0, 0.1) is 5.92 Å². The fraction of sp³-hybridized carbons (Fsp3) is 0.917. The number of rotatable bonds is 6. The zero-order chi connectivity index (χ0) is 12.8. The summed E-state index contributed by atoms with van der Waals surface area (Å²) in [5.41, 5.74) is -0.139. The number of hydrogen-bond donors (Lipinski definition) is 1. The number of methoxy groups -OCH3 is 1. The first-order chi connectivity index (χ1) is 7.28. The first kappa shape index (κ1) is 15.4. The molecule has 0 rings (SSSR count). The molecule has 0 aromatic heterocycles. The van der Waals surface area contributed by atoms with Gasteiger partial charge in [0.15, 0.2) is 0 Å². The van der Waals surface area contributed by atoms with Gasteiger partial charge in [0.25, 0.3) is 0 Å². The molecular weight excluding hydrogens is 206 g/mol. The van der Waals surface area contributed by atoms with Crippen molar-refractivity contribution in [2.24, 2.45) is 5.92 Å². The lowest BCUT2D eigenvalue weighted by atomic mass is 10.1. The first-order valence-corrected chi connectivity index (χ1v) is 5.73. The molecule has 96 valence electrons. The molecule has 0 aliphatic carbocycles. The molecule has 1 atom stereocenters. The second-order valence-corrected chi connectivity index (χ2v) is 5.16. The molecule has 0 aromatic rings. The van der Waals surface area contributed by atoms with Gasteiger partial charge in [-0.2, -0.15) is 0 Å². The SMILES string of the molecule is COC(=O)C(NCCOC(C)(C)C)C(C)C. The Bertz CT molecular complexity index is 209. The third kappa shape index (κ3) is 6.80. The minimum Gasteiger partial charge on any atom is -0.468 e. The molecule has 16 heavy (non-hydrogen) atoms. The Kier molecular flexibility index (Phi) is 6.60. The van der Waals surface area contributed by atoms with Crippen molar-refractivity contribution >= 4 is 5.97 Å². The Morgan fingerprint density at radius 1 is 1.31 bits per heavy atom. The van der Waals surface area contributed by atoms with Crippen LogP contribution in [0.15, 0.2) is 0 Å². The normalized spacial score (nSPS) is 13.9. The van der Waals surface area contributed by atoms with Crippen LogP contribution >= 0.6 is 0 Å². The smallest absolute Gasteiger partial charge is 0.323 e. The maximum atomic E-state index is 11.4. The van der Waals surface area contributed by atoms with Gasteiger partial charge in [0.2, 0.25) is 0 Å². The highest BCUT2D eigenvalue weighted by molar-refractivity contribution is 5.75. The third-order valence-corrected chi connectivity index (χ3v) is 2.12. The molecule has 0 saturated carbocycles. The highest BCUT2D eigenvalue weighted by atomic mass is 16.5. The molecular formula is C12H25NO3. The monoisotopic (exact) mass is 231 g/mol. The lowest BCUT2D eigenvalue weighted by Crippen LogP contribution is -2.43. The van der Waals surface area contributed by atoms with Crippen LogP contribution in [-0.4, -0.2) is 37.9 Å². The van der Waals surface area contributed by atoms with Crippen molar-refractivity contribution in [3.8, 4) is 0 Å². The molecule has 0 bridgehead atoms.